The Hall–Kier alpha value is -1.59. The van der Waals surface area contributed by atoms with Gasteiger partial charge in [0.1, 0.15) is 0 Å². The van der Waals surface area contributed by atoms with E-state index in [1.54, 1.807) is 49.6 Å². The maximum Gasteiger partial charge on any atom is 0.237 e. The van der Waals surface area contributed by atoms with Crippen LogP contribution < -0.4 is 5.32 Å². The minimum Gasteiger partial charge on any atom is -0.325 e. The monoisotopic (exact) mass is 293 g/mol. The van der Waals surface area contributed by atoms with Crippen LogP contribution in [0.2, 0.25) is 5.02 Å². The largest absolute Gasteiger partial charge is 0.325 e. The Bertz CT molecular complexity index is 565. The van der Waals surface area contributed by atoms with Crippen molar-refractivity contribution in [3.05, 3.63) is 47.7 Å². The predicted octanol–water partition coefficient (Wildman–Crippen LogP) is 3.25. The van der Waals surface area contributed by atoms with Crippen LogP contribution in [0.15, 0.2) is 47.9 Å². The van der Waals surface area contributed by atoms with Gasteiger partial charge in [-0.3, -0.25) is 4.79 Å². The molecule has 0 aliphatic carbocycles. The van der Waals surface area contributed by atoms with Crippen LogP contribution in [0, 0.1) is 0 Å². The van der Waals surface area contributed by atoms with Crippen LogP contribution in [-0.4, -0.2) is 21.1 Å². The number of nitrogens with one attached hydrogen (secondary N) is 1. The van der Waals surface area contributed by atoms with Gasteiger partial charge >= 0.3 is 0 Å². The topological polar surface area (TPSA) is 54.9 Å². The van der Waals surface area contributed by atoms with Gasteiger partial charge in [0, 0.05) is 23.1 Å². The average Bonchev–Trinajstić information content (AvgIpc) is 2.40. The standard InChI is InChI=1S/C13H12ClN3OS/c1-9(19-13-15-6-3-7-16-13)12(18)17-11-5-2-4-10(14)8-11/h2-9H,1H3,(H,17,18)/t9-/m0/s1. The van der Waals surface area contributed by atoms with Gasteiger partial charge in [-0.1, -0.05) is 29.4 Å². The quantitative estimate of drug-likeness (QED) is 0.694. The van der Waals surface area contributed by atoms with E-state index < -0.39 is 0 Å². The third kappa shape index (κ3) is 4.22. The number of amides is 1. The summed E-state index contributed by atoms with van der Waals surface area (Å²) in [5.74, 6) is -0.111. The van der Waals surface area contributed by atoms with Crippen molar-refractivity contribution in [1.29, 1.82) is 0 Å². The summed E-state index contributed by atoms with van der Waals surface area (Å²) in [5.41, 5.74) is 0.680. The van der Waals surface area contributed by atoms with E-state index in [2.05, 4.69) is 15.3 Å². The zero-order valence-electron chi connectivity index (χ0n) is 10.2. The van der Waals surface area contributed by atoms with Gasteiger partial charge < -0.3 is 5.32 Å². The molecule has 1 heterocycles. The molecule has 1 atom stereocenters. The number of rotatable bonds is 4. The van der Waals surface area contributed by atoms with Gasteiger partial charge in [0.15, 0.2) is 5.16 Å². The number of halogens is 1. The summed E-state index contributed by atoms with van der Waals surface area (Å²) in [6, 6.07) is 8.78. The number of hydrogen-bond donors (Lipinski definition) is 1. The van der Waals surface area contributed by atoms with E-state index in [-0.39, 0.29) is 11.2 Å². The summed E-state index contributed by atoms with van der Waals surface area (Å²) in [4.78, 5) is 20.1. The van der Waals surface area contributed by atoms with Gasteiger partial charge in [-0.2, -0.15) is 0 Å². The van der Waals surface area contributed by atoms with E-state index in [1.807, 2.05) is 0 Å². The smallest absolute Gasteiger partial charge is 0.237 e. The highest BCUT2D eigenvalue weighted by atomic mass is 35.5. The molecule has 1 N–H and O–H groups in total. The fraction of sp³-hybridized carbons (Fsp3) is 0.154. The van der Waals surface area contributed by atoms with Gasteiger partial charge in [-0.25, -0.2) is 9.97 Å². The zero-order valence-corrected chi connectivity index (χ0v) is 11.8. The lowest BCUT2D eigenvalue weighted by molar-refractivity contribution is -0.115. The maximum atomic E-state index is 12.0. The van der Waals surface area contributed by atoms with Crippen molar-refractivity contribution in [2.75, 3.05) is 5.32 Å². The molecule has 1 aromatic heterocycles. The Morgan fingerprint density at radius 1 is 1.32 bits per heavy atom. The molecule has 19 heavy (non-hydrogen) atoms. The van der Waals surface area contributed by atoms with Crippen molar-refractivity contribution in [2.45, 2.75) is 17.3 Å². The molecule has 4 nitrogen and oxygen atoms in total. The molecule has 0 fully saturated rings. The van der Waals surface area contributed by atoms with E-state index in [1.165, 1.54) is 11.8 Å². The van der Waals surface area contributed by atoms with Crippen molar-refractivity contribution >= 4 is 35.0 Å². The normalized spacial score (nSPS) is 11.9. The first-order valence-corrected chi connectivity index (χ1v) is 6.91. The first-order valence-electron chi connectivity index (χ1n) is 5.65. The first-order chi connectivity index (χ1) is 9.15. The van der Waals surface area contributed by atoms with Crippen LogP contribution in [0.5, 0.6) is 0 Å². The molecular formula is C13H12ClN3OS. The average molecular weight is 294 g/mol. The molecular weight excluding hydrogens is 282 g/mol. The predicted molar refractivity (Wildman–Crippen MR) is 77.4 cm³/mol. The lowest BCUT2D eigenvalue weighted by Gasteiger charge is -2.11. The van der Waals surface area contributed by atoms with Gasteiger partial charge in [0.05, 0.1) is 5.25 Å². The summed E-state index contributed by atoms with van der Waals surface area (Å²) in [5, 5.41) is 3.68. The van der Waals surface area contributed by atoms with Crippen LogP contribution in [0.25, 0.3) is 0 Å². The highest BCUT2D eigenvalue weighted by molar-refractivity contribution is 8.00. The number of thioether (sulfide) groups is 1. The molecule has 1 aromatic carbocycles. The van der Waals surface area contributed by atoms with E-state index in [9.17, 15) is 4.79 Å². The molecule has 2 aromatic rings. The van der Waals surface area contributed by atoms with Crippen molar-refractivity contribution in [1.82, 2.24) is 9.97 Å². The summed E-state index contributed by atoms with van der Waals surface area (Å²) in [6.45, 7) is 1.81. The van der Waals surface area contributed by atoms with Crippen LogP contribution in [0.3, 0.4) is 0 Å². The second-order valence-electron chi connectivity index (χ2n) is 3.79. The van der Waals surface area contributed by atoms with Gasteiger partial charge in [-0.05, 0) is 31.2 Å². The SMILES string of the molecule is C[C@H](Sc1ncccn1)C(=O)Nc1cccc(Cl)c1. The Morgan fingerprint density at radius 2 is 2.05 bits per heavy atom. The van der Waals surface area contributed by atoms with Crippen molar-refractivity contribution in [2.24, 2.45) is 0 Å². The van der Waals surface area contributed by atoms with Crippen molar-refractivity contribution in [3.8, 4) is 0 Å². The fourth-order valence-corrected chi connectivity index (χ4v) is 2.28. The molecule has 98 valence electrons. The molecule has 0 radical (unpaired) electrons. The van der Waals surface area contributed by atoms with E-state index in [0.717, 1.165) is 0 Å². The number of benzene rings is 1. The Balaban J connectivity index is 1.96. The molecule has 6 heteroatoms. The molecule has 0 aliphatic rings. The minimum atomic E-state index is -0.290. The number of carbonyl (C=O) groups excluding carboxylic acids is 1. The zero-order chi connectivity index (χ0) is 13.7. The third-order valence-corrected chi connectivity index (χ3v) is 3.51. The Kier molecular flexibility index (Phi) is 4.76. The fourth-order valence-electron chi connectivity index (χ4n) is 1.37. The second kappa shape index (κ2) is 6.54. The molecule has 0 saturated carbocycles. The summed E-state index contributed by atoms with van der Waals surface area (Å²) >= 11 is 7.17. The lowest BCUT2D eigenvalue weighted by atomic mass is 10.3. The van der Waals surface area contributed by atoms with Crippen LogP contribution in [0.1, 0.15) is 6.92 Å². The van der Waals surface area contributed by atoms with E-state index in [0.29, 0.717) is 15.9 Å². The number of aromatic nitrogens is 2. The van der Waals surface area contributed by atoms with Crippen molar-refractivity contribution in [3.63, 3.8) is 0 Å². The number of anilines is 1. The number of carbonyl (C=O) groups is 1. The lowest BCUT2D eigenvalue weighted by Crippen LogP contribution is -2.22. The molecule has 0 bridgehead atoms. The maximum absolute atomic E-state index is 12.0. The molecule has 0 spiro atoms. The Labute approximate surface area is 120 Å². The second-order valence-corrected chi connectivity index (χ2v) is 5.54. The minimum absolute atomic E-state index is 0.111. The van der Waals surface area contributed by atoms with Crippen molar-refractivity contribution < 1.29 is 4.79 Å². The molecule has 0 saturated heterocycles. The van der Waals surface area contributed by atoms with Gasteiger partial charge in [0.25, 0.3) is 0 Å². The highest BCUT2D eigenvalue weighted by Gasteiger charge is 2.15. The third-order valence-electron chi connectivity index (χ3n) is 2.29. The Morgan fingerprint density at radius 3 is 2.74 bits per heavy atom. The van der Waals surface area contributed by atoms with E-state index in [4.69, 9.17) is 11.6 Å². The van der Waals surface area contributed by atoms with E-state index >= 15 is 0 Å². The molecule has 0 unspecified atom stereocenters. The molecule has 1 amide bonds. The van der Waals surface area contributed by atoms with Gasteiger partial charge in [-0.15, -0.1) is 0 Å². The summed E-state index contributed by atoms with van der Waals surface area (Å²) in [7, 11) is 0. The van der Waals surface area contributed by atoms with Crippen LogP contribution in [0.4, 0.5) is 5.69 Å². The first kappa shape index (κ1) is 13.8. The van der Waals surface area contributed by atoms with Crippen LogP contribution >= 0.6 is 23.4 Å². The van der Waals surface area contributed by atoms with Crippen LogP contribution in [-0.2, 0) is 4.79 Å². The summed E-state index contributed by atoms with van der Waals surface area (Å²) < 4.78 is 0. The summed E-state index contributed by atoms with van der Waals surface area (Å²) in [6.07, 6.45) is 3.30. The highest BCUT2D eigenvalue weighted by Crippen LogP contribution is 2.21. The molecule has 2 rings (SSSR count). The number of hydrogen-bond acceptors (Lipinski definition) is 4. The van der Waals surface area contributed by atoms with Gasteiger partial charge in [0.2, 0.25) is 5.91 Å². The number of nitrogens with zero attached hydrogens (tertiary/aromatic N) is 2. The molecule has 0 aliphatic heterocycles.